The van der Waals surface area contributed by atoms with E-state index in [2.05, 4.69) is 13.8 Å². The van der Waals surface area contributed by atoms with Crippen LogP contribution in [0.2, 0.25) is 0 Å². The smallest absolute Gasteiger partial charge is 0.254 e. The van der Waals surface area contributed by atoms with Crippen molar-refractivity contribution in [3.8, 4) is 5.75 Å². The lowest BCUT2D eigenvalue weighted by molar-refractivity contribution is 0.0589. The first kappa shape index (κ1) is 16.5. The van der Waals surface area contributed by atoms with Gasteiger partial charge in [-0.1, -0.05) is 19.9 Å². The molecule has 1 amide bonds. The molecule has 0 fully saturated rings. The zero-order chi connectivity index (χ0) is 15.1. The lowest BCUT2D eigenvalue weighted by Crippen LogP contribution is -2.41. The quantitative estimate of drug-likeness (QED) is 0.834. The number of phenols is 1. The highest BCUT2D eigenvalue weighted by Gasteiger charge is 2.22. The first-order chi connectivity index (χ1) is 9.54. The first-order valence-corrected chi connectivity index (χ1v) is 7.14. The Hall–Kier alpha value is -1.55. The summed E-state index contributed by atoms with van der Waals surface area (Å²) in [5.74, 6) is 0.109. The van der Waals surface area contributed by atoms with Gasteiger partial charge in [0.25, 0.3) is 5.91 Å². The Kier molecular flexibility index (Phi) is 6.52. The molecule has 4 nitrogen and oxygen atoms in total. The van der Waals surface area contributed by atoms with E-state index in [1.807, 2.05) is 11.8 Å². The van der Waals surface area contributed by atoms with Gasteiger partial charge in [-0.05, 0) is 37.5 Å². The van der Waals surface area contributed by atoms with E-state index in [0.717, 1.165) is 18.4 Å². The molecule has 4 heteroatoms. The van der Waals surface area contributed by atoms with Crippen molar-refractivity contribution in [2.24, 2.45) is 0 Å². The summed E-state index contributed by atoms with van der Waals surface area (Å²) < 4.78 is 5.10. The van der Waals surface area contributed by atoms with Gasteiger partial charge in [-0.3, -0.25) is 4.79 Å². The van der Waals surface area contributed by atoms with Crippen LogP contribution in [0, 0.1) is 6.92 Å². The van der Waals surface area contributed by atoms with Gasteiger partial charge in [0.15, 0.2) is 0 Å². The van der Waals surface area contributed by atoms with Crippen molar-refractivity contribution in [2.45, 2.75) is 39.7 Å². The SMILES string of the molecule is CCC(CC)N(CCOC)C(=O)c1ccc(C)c(O)c1. The second-order valence-electron chi connectivity index (χ2n) is 4.96. The van der Waals surface area contributed by atoms with Gasteiger partial charge < -0.3 is 14.7 Å². The summed E-state index contributed by atoms with van der Waals surface area (Å²) in [6.07, 6.45) is 1.81. The van der Waals surface area contributed by atoms with Crippen molar-refractivity contribution in [2.75, 3.05) is 20.3 Å². The third-order valence-corrected chi connectivity index (χ3v) is 3.64. The van der Waals surface area contributed by atoms with Crippen LogP contribution in [-0.4, -0.2) is 42.2 Å². The Morgan fingerprint density at radius 1 is 1.35 bits per heavy atom. The summed E-state index contributed by atoms with van der Waals surface area (Å²) in [5, 5.41) is 9.76. The number of aromatic hydroxyl groups is 1. The summed E-state index contributed by atoms with van der Waals surface area (Å²) in [5.41, 5.74) is 1.30. The molecule has 20 heavy (non-hydrogen) atoms. The number of ether oxygens (including phenoxy) is 1. The minimum absolute atomic E-state index is 0.0500. The highest BCUT2D eigenvalue weighted by molar-refractivity contribution is 5.95. The molecule has 1 aromatic carbocycles. The van der Waals surface area contributed by atoms with Crippen molar-refractivity contribution in [1.29, 1.82) is 0 Å². The standard InChI is InChI=1S/C16H25NO3/c1-5-14(6-2)17(9-10-20-4)16(19)13-8-7-12(3)15(18)11-13/h7-8,11,14,18H,5-6,9-10H2,1-4H3. The van der Waals surface area contributed by atoms with Crippen LogP contribution in [0.1, 0.15) is 42.6 Å². The van der Waals surface area contributed by atoms with E-state index in [1.165, 1.54) is 0 Å². The molecule has 0 heterocycles. The van der Waals surface area contributed by atoms with Crippen molar-refractivity contribution in [3.05, 3.63) is 29.3 Å². The van der Waals surface area contributed by atoms with E-state index >= 15 is 0 Å². The number of aryl methyl sites for hydroxylation is 1. The van der Waals surface area contributed by atoms with Gasteiger partial charge >= 0.3 is 0 Å². The first-order valence-electron chi connectivity index (χ1n) is 7.14. The maximum Gasteiger partial charge on any atom is 0.254 e. The number of rotatable bonds is 7. The highest BCUT2D eigenvalue weighted by atomic mass is 16.5. The predicted molar refractivity (Wildman–Crippen MR) is 80.1 cm³/mol. The number of methoxy groups -OCH3 is 1. The Labute approximate surface area is 121 Å². The average Bonchev–Trinajstić information content (AvgIpc) is 2.45. The summed E-state index contributed by atoms with van der Waals surface area (Å²) in [6.45, 7) is 7.05. The normalized spacial score (nSPS) is 10.8. The number of carbonyl (C=O) groups is 1. The molecule has 0 unspecified atom stereocenters. The van der Waals surface area contributed by atoms with Gasteiger partial charge in [0, 0.05) is 25.3 Å². The molecule has 0 spiro atoms. The molecular weight excluding hydrogens is 254 g/mol. The molecule has 1 rings (SSSR count). The van der Waals surface area contributed by atoms with Crippen LogP contribution < -0.4 is 0 Å². The lowest BCUT2D eigenvalue weighted by atomic mass is 10.1. The zero-order valence-electron chi connectivity index (χ0n) is 12.8. The molecule has 0 radical (unpaired) electrons. The second-order valence-corrected chi connectivity index (χ2v) is 4.96. The molecule has 0 bridgehead atoms. The summed E-state index contributed by atoms with van der Waals surface area (Å²) in [4.78, 5) is 14.5. The van der Waals surface area contributed by atoms with Gasteiger partial charge in [0.1, 0.15) is 5.75 Å². The zero-order valence-corrected chi connectivity index (χ0v) is 12.8. The molecule has 1 aromatic rings. The molecule has 0 aliphatic carbocycles. The number of nitrogens with zero attached hydrogens (tertiary/aromatic N) is 1. The fourth-order valence-corrected chi connectivity index (χ4v) is 2.28. The summed E-state index contributed by atoms with van der Waals surface area (Å²) >= 11 is 0. The maximum atomic E-state index is 12.6. The van der Waals surface area contributed by atoms with Crippen molar-refractivity contribution >= 4 is 5.91 Å². The van der Waals surface area contributed by atoms with Crippen LogP contribution in [-0.2, 0) is 4.74 Å². The minimum atomic E-state index is -0.0500. The van der Waals surface area contributed by atoms with Crippen LogP contribution in [0.5, 0.6) is 5.75 Å². The van der Waals surface area contributed by atoms with E-state index in [9.17, 15) is 9.90 Å². The van der Waals surface area contributed by atoms with E-state index in [0.29, 0.717) is 18.7 Å². The van der Waals surface area contributed by atoms with E-state index in [1.54, 1.807) is 25.3 Å². The molecule has 112 valence electrons. The Morgan fingerprint density at radius 2 is 2.00 bits per heavy atom. The number of benzene rings is 1. The fourth-order valence-electron chi connectivity index (χ4n) is 2.28. The van der Waals surface area contributed by atoms with Crippen molar-refractivity contribution < 1.29 is 14.6 Å². The van der Waals surface area contributed by atoms with Crippen LogP contribution >= 0.6 is 0 Å². The lowest BCUT2D eigenvalue weighted by Gasteiger charge is -2.30. The average molecular weight is 279 g/mol. The van der Waals surface area contributed by atoms with Gasteiger partial charge in [-0.15, -0.1) is 0 Å². The molecule has 0 saturated carbocycles. The molecule has 0 aliphatic rings. The molecular formula is C16H25NO3. The summed E-state index contributed by atoms with van der Waals surface area (Å²) in [6, 6.07) is 5.27. The summed E-state index contributed by atoms with van der Waals surface area (Å²) in [7, 11) is 1.63. The monoisotopic (exact) mass is 279 g/mol. The Bertz CT molecular complexity index is 441. The van der Waals surface area contributed by atoms with E-state index < -0.39 is 0 Å². The minimum Gasteiger partial charge on any atom is -0.508 e. The number of carbonyl (C=O) groups excluding carboxylic acids is 1. The van der Waals surface area contributed by atoms with Crippen LogP contribution in [0.25, 0.3) is 0 Å². The Balaban J connectivity index is 2.99. The van der Waals surface area contributed by atoms with Crippen LogP contribution in [0.3, 0.4) is 0 Å². The molecule has 0 atom stereocenters. The second kappa shape index (κ2) is 7.90. The molecule has 0 saturated heterocycles. The molecule has 0 aliphatic heterocycles. The van der Waals surface area contributed by atoms with Gasteiger partial charge in [0.05, 0.1) is 6.61 Å². The number of hydrogen-bond acceptors (Lipinski definition) is 3. The third-order valence-electron chi connectivity index (χ3n) is 3.64. The number of hydrogen-bond donors (Lipinski definition) is 1. The fraction of sp³-hybridized carbons (Fsp3) is 0.562. The van der Waals surface area contributed by atoms with E-state index in [4.69, 9.17) is 4.74 Å². The largest absolute Gasteiger partial charge is 0.508 e. The van der Waals surface area contributed by atoms with E-state index in [-0.39, 0.29) is 17.7 Å². The number of amides is 1. The topological polar surface area (TPSA) is 49.8 Å². The highest BCUT2D eigenvalue weighted by Crippen LogP contribution is 2.20. The van der Waals surface area contributed by atoms with Gasteiger partial charge in [0.2, 0.25) is 0 Å². The number of phenolic OH excluding ortho intramolecular Hbond substituents is 1. The predicted octanol–water partition coefficient (Wildman–Crippen LogP) is 2.98. The molecule has 1 N–H and O–H groups in total. The van der Waals surface area contributed by atoms with Crippen molar-refractivity contribution in [1.82, 2.24) is 4.90 Å². The maximum absolute atomic E-state index is 12.6. The van der Waals surface area contributed by atoms with Gasteiger partial charge in [-0.25, -0.2) is 0 Å². The van der Waals surface area contributed by atoms with Crippen LogP contribution in [0.15, 0.2) is 18.2 Å². The molecule has 0 aromatic heterocycles. The Morgan fingerprint density at radius 3 is 2.50 bits per heavy atom. The van der Waals surface area contributed by atoms with Gasteiger partial charge in [-0.2, -0.15) is 0 Å². The van der Waals surface area contributed by atoms with Crippen molar-refractivity contribution in [3.63, 3.8) is 0 Å². The third kappa shape index (κ3) is 3.97. The van der Waals surface area contributed by atoms with Crippen LogP contribution in [0.4, 0.5) is 0 Å².